The van der Waals surface area contributed by atoms with Gasteiger partial charge in [0.1, 0.15) is 0 Å². The molecule has 8 heteroatoms. The fourth-order valence-corrected chi connectivity index (χ4v) is 2.81. The standard InChI is InChI=1S/C13H12ClN5OS/c1-7(10-6-21-13(15)17-10)16-12(20)9-5-11-8(14)3-2-4-19(11)18-9/h2-7H,1H3,(H2,15,17)(H,16,20). The van der Waals surface area contributed by atoms with Crippen LogP contribution in [0.4, 0.5) is 5.13 Å². The van der Waals surface area contributed by atoms with E-state index in [1.165, 1.54) is 11.3 Å². The zero-order valence-electron chi connectivity index (χ0n) is 11.1. The number of nitrogens with zero attached hydrogens (tertiary/aromatic N) is 3. The van der Waals surface area contributed by atoms with Crippen molar-refractivity contribution >= 4 is 39.5 Å². The largest absolute Gasteiger partial charge is 0.375 e. The maximum Gasteiger partial charge on any atom is 0.272 e. The van der Waals surface area contributed by atoms with E-state index in [2.05, 4.69) is 15.4 Å². The molecule has 3 rings (SSSR count). The lowest BCUT2D eigenvalue weighted by Gasteiger charge is -2.09. The number of nitrogens with one attached hydrogen (secondary N) is 1. The lowest BCUT2D eigenvalue weighted by molar-refractivity contribution is 0.0934. The van der Waals surface area contributed by atoms with Gasteiger partial charge < -0.3 is 11.1 Å². The minimum atomic E-state index is -0.283. The van der Waals surface area contributed by atoms with Crippen LogP contribution >= 0.6 is 22.9 Å². The highest BCUT2D eigenvalue weighted by molar-refractivity contribution is 7.13. The number of rotatable bonds is 3. The molecule has 0 aromatic carbocycles. The van der Waals surface area contributed by atoms with Crippen LogP contribution in [0.25, 0.3) is 5.52 Å². The highest BCUT2D eigenvalue weighted by Gasteiger charge is 2.17. The second-order valence-electron chi connectivity index (χ2n) is 4.52. The molecular formula is C13H12ClN5OS. The van der Waals surface area contributed by atoms with Crippen molar-refractivity contribution < 1.29 is 4.79 Å². The first-order valence-electron chi connectivity index (χ1n) is 6.20. The van der Waals surface area contributed by atoms with Crippen molar-refractivity contribution in [3.05, 3.63) is 46.2 Å². The molecule has 3 N–H and O–H groups in total. The number of anilines is 1. The molecule has 108 valence electrons. The first-order chi connectivity index (χ1) is 10.0. The van der Waals surface area contributed by atoms with Gasteiger partial charge >= 0.3 is 0 Å². The van der Waals surface area contributed by atoms with Crippen LogP contribution in [0.5, 0.6) is 0 Å². The normalized spacial score (nSPS) is 12.5. The summed E-state index contributed by atoms with van der Waals surface area (Å²) in [7, 11) is 0. The summed E-state index contributed by atoms with van der Waals surface area (Å²) in [5, 5.41) is 9.88. The summed E-state index contributed by atoms with van der Waals surface area (Å²) in [6, 6.07) is 4.93. The number of hydrogen-bond donors (Lipinski definition) is 2. The number of carbonyl (C=O) groups excluding carboxylic acids is 1. The van der Waals surface area contributed by atoms with Crippen molar-refractivity contribution in [3.8, 4) is 0 Å². The molecule has 0 bridgehead atoms. The van der Waals surface area contributed by atoms with Crippen molar-refractivity contribution in [2.75, 3.05) is 5.73 Å². The average molecular weight is 322 g/mol. The van der Waals surface area contributed by atoms with Gasteiger partial charge in [0.25, 0.3) is 5.91 Å². The van der Waals surface area contributed by atoms with Crippen LogP contribution < -0.4 is 11.1 Å². The highest BCUT2D eigenvalue weighted by atomic mass is 35.5. The molecule has 3 aromatic rings. The maximum absolute atomic E-state index is 12.2. The second kappa shape index (κ2) is 5.34. The van der Waals surface area contributed by atoms with Crippen LogP contribution in [0.1, 0.15) is 29.1 Å². The number of carbonyl (C=O) groups is 1. The smallest absolute Gasteiger partial charge is 0.272 e. The van der Waals surface area contributed by atoms with Crippen LogP contribution in [0, 0.1) is 0 Å². The van der Waals surface area contributed by atoms with Gasteiger partial charge in [-0.2, -0.15) is 5.10 Å². The van der Waals surface area contributed by atoms with Crippen LogP contribution in [-0.4, -0.2) is 20.5 Å². The summed E-state index contributed by atoms with van der Waals surface area (Å²) in [5.41, 5.74) is 7.31. The number of halogens is 1. The Balaban J connectivity index is 1.82. The molecule has 0 aliphatic heterocycles. The first kappa shape index (κ1) is 13.8. The highest BCUT2D eigenvalue weighted by Crippen LogP contribution is 2.20. The van der Waals surface area contributed by atoms with Crippen LogP contribution in [0.15, 0.2) is 29.8 Å². The van der Waals surface area contributed by atoms with E-state index in [4.69, 9.17) is 17.3 Å². The number of pyridine rings is 1. The topological polar surface area (TPSA) is 85.3 Å². The molecule has 1 atom stereocenters. The van der Waals surface area contributed by atoms with Gasteiger partial charge in [0.15, 0.2) is 10.8 Å². The van der Waals surface area contributed by atoms with Crippen molar-refractivity contribution in [1.82, 2.24) is 19.9 Å². The summed E-state index contributed by atoms with van der Waals surface area (Å²) in [5.74, 6) is -0.283. The zero-order valence-corrected chi connectivity index (χ0v) is 12.6. The Morgan fingerprint density at radius 2 is 2.38 bits per heavy atom. The summed E-state index contributed by atoms with van der Waals surface area (Å²) in [6.45, 7) is 1.84. The average Bonchev–Trinajstić information content (AvgIpc) is 3.05. The van der Waals surface area contributed by atoms with E-state index in [1.807, 2.05) is 12.3 Å². The van der Waals surface area contributed by atoms with Crippen molar-refractivity contribution in [3.63, 3.8) is 0 Å². The van der Waals surface area contributed by atoms with Crippen molar-refractivity contribution in [2.24, 2.45) is 0 Å². The molecule has 0 saturated heterocycles. The molecule has 21 heavy (non-hydrogen) atoms. The molecule has 6 nitrogen and oxygen atoms in total. The lowest BCUT2D eigenvalue weighted by Crippen LogP contribution is -2.27. The Morgan fingerprint density at radius 3 is 3.05 bits per heavy atom. The monoisotopic (exact) mass is 321 g/mol. The third-order valence-electron chi connectivity index (χ3n) is 3.01. The van der Waals surface area contributed by atoms with Gasteiger partial charge in [-0.3, -0.25) is 4.79 Å². The van der Waals surface area contributed by atoms with Gasteiger partial charge in [-0.15, -0.1) is 11.3 Å². The molecule has 0 aliphatic carbocycles. The van der Waals surface area contributed by atoms with Gasteiger partial charge in [-0.05, 0) is 25.1 Å². The number of aromatic nitrogens is 3. The van der Waals surface area contributed by atoms with E-state index in [1.54, 1.807) is 28.9 Å². The molecule has 0 radical (unpaired) electrons. The van der Waals surface area contributed by atoms with Crippen LogP contribution in [0.2, 0.25) is 5.02 Å². The second-order valence-corrected chi connectivity index (χ2v) is 5.82. The first-order valence-corrected chi connectivity index (χ1v) is 7.46. The predicted octanol–water partition coefficient (Wildman–Crippen LogP) is 2.52. The number of nitrogen functional groups attached to an aromatic ring is 1. The van der Waals surface area contributed by atoms with E-state index < -0.39 is 0 Å². The molecule has 1 unspecified atom stereocenters. The Hall–Kier alpha value is -2.12. The fraction of sp³-hybridized carbons (Fsp3) is 0.154. The molecule has 0 spiro atoms. The minimum Gasteiger partial charge on any atom is -0.375 e. The number of thiazole rings is 1. The predicted molar refractivity (Wildman–Crippen MR) is 82.6 cm³/mol. The van der Waals surface area contributed by atoms with Crippen LogP contribution in [0.3, 0.4) is 0 Å². The quantitative estimate of drug-likeness (QED) is 0.776. The molecule has 0 aliphatic rings. The van der Waals surface area contributed by atoms with Gasteiger partial charge in [-0.25, -0.2) is 9.50 Å². The van der Waals surface area contributed by atoms with Gasteiger partial charge in [-0.1, -0.05) is 11.6 Å². The van der Waals surface area contributed by atoms with E-state index >= 15 is 0 Å². The summed E-state index contributed by atoms with van der Waals surface area (Å²) in [6.07, 6.45) is 1.74. The van der Waals surface area contributed by atoms with Gasteiger partial charge in [0.2, 0.25) is 0 Å². The Morgan fingerprint density at radius 1 is 1.57 bits per heavy atom. The van der Waals surface area contributed by atoms with Gasteiger partial charge in [0, 0.05) is 11.6 Å². The molecule has 3 heterocycles. The van der Waals surface area contributed by atoms with Gasteiger partial charge in [0.05, 0.1) is 22.3 Å². The summed E-state index contributed by atoms with van der Waals surface area (Å²) < 4.78 is 1.57. The number of nitrogens with two attached hydrogens (primary N) is 1. The molecule has 1 amide bonds. The third-order valence-corrected chi connectivity index (χ3v) is 4.03. The molecule has 0 saturated carbocycles. The third kappa shape index (κ3) is 2.70. The zero-order chi connectivity index (χ0) is 15.0. The molecule has 0 fully saturated rings. The lowest BCUT2D eigenvalue weighted by atomic mass is 10.2. The minimum absolute atomic E-state index is 0.244. The number of hydrogen-bond acceptors (Lipinski definition) is 5. The van der Waals surface area contributed by atoms with E-state index in [-0.39, 0.29) is 11.9 Å². The maximum atomic E-state index is 12.2. The Kier molecular flexibility index (Phi) is 3.52. The molecule has 3 aromatic heterocycles. The number of amides is 1. The van der Waals surface area contributed by atoms with E-state index in [0.29, 0.717) is 21.4 Å². The summed E-state index contributed by atoms with van der Waals surface area (Å²) in [4.78, 5) is 16.4. The summed E-state index contributed by atoms with van der Waals surface area (Å²) >= 11 is 7.40. The SMILES string of the molecule is CC(NC(=O)c1cc2c(Cl)cccn2n1)c1csc(N)n1. The Bertz CT molecular complexity index is 812. The Labute approximate surface area is 129 Å². The molecular weight excluding hydrogens is 310 g/mol. The van der Waals surface area contributed by atoms with Crippen molar-refractivity contribution in [1.29, 1.82) is 0 Å². The number of fused-ring (bicyclic) bond motifs is 1. The van der Waals surface area contributed by atoms with Crippen LogP contribution in [-0.2, 0) is 0 Å². The van der Waals surface area contributed by atoms with E-state index in [9.17, 15) is 4.79 Å². The van der Waals surface area contributed by atoms with Crippen molar-refractivity contribution in [2.45, 2.75) is 13.0 Å². The van der Waals surface area contributed by atoms with E-state index in [0.717, 1.165) is 5.69 Å². The fourth-order valence-electron chi connectivity index (χ4n) is 1.94.